The van der Waals surface area contributed by atoms with Crippen molar-refractivity contribution in [3.8, 4) is 11.5 Å². The largest absolute Gasteiger partial charge is 0.457 e. The minimum absolute atomic E-state index is 0.0750. The number of carbonyl (C=O) groups excluding carboxylic acids is 2. The van der Waals surface area contributed by atoms with Crippen molar-refractivity contribution < 1.29 is 22.7 Å². The number of carbonyl (C=O) groups is 2. The third-order valence-electron chi connectivity index (χ3n) is 7.14. The molecule has 0 unspecified atom stereocenters. The first-order valence-electron chi connectivity index (χ1n) is 13.7. The maximum absolute atomic E-state index is 13.8. The number of anilines is 1. The summed E-state index contributed by atoms with van der Waals surface area (Å²) < 4.78 is 32.6. The van der Waals surface area contributed by atoms with Gasteiger partial charge in [0.2, 0.25) is 21.8 Å². The standard InChI is InChI=1S/C31H36ClN3O5S/c1-23(31(37)33-26-12-5-3-6-13-26)34(21-24-10-9-11-25(32)20-24)30(36)22-35(41(2,38)39)27-16-18-29(19-17-27)40-28-14-7-4-8-15-28/h4,7-11,14-20,23,26H,3,5-6,12-13,21-22H2,1-2H3,(H,33,37)/t23-/m1/s1. The molecule has 1 aliphatic carbocycles. The molecule has 1 atom stereocenters. The summed E-state index contributed by atoms with van der Waals surface area (Å²) in [5.41, 5.74) is 1.04. The summed E-state index contributed by atoms with van der Waals surface area (Å²) in [4.78, 5) is 28.5. The van der Waals surface area contributed by atoms with E-state index < -0.39 is 28.5 Å². The van der Waals surface area contributed by atoms with Gasteiger partial charge in [-0.25, -0.2) is 8.42 Å². The van der Waals surface area contributed by atoms with E-state index in [2.05, 4.69) is 5.32 Å². The van der Waals surface area contributed by atoms with Gasteiger partial charge in [0, 0.05) is 17.6 Å². The van der Waals surface area contributed by atoms with E-state index in [1.54, 1.807) is 49.4 Å². The molecule has 0 radical (unpaired) electrons. The molecule has 8 nitrogen and oxygen atoms in total. The lowest BCUT2D eigenvalue weighted by atomic mass is 9.95. The van der Waals surface area contributed by atoms with E-state index >= 15 is 0 Å². The molecule has 0 aromatic heterocycles. The number of hydrogen-bond acceptors (Lipinski definition) is 5. The van der Waals surface area contributed by atoms with Gasteiger partial charge < -0.3 is 15.0 Å². The molecule has 3 aromatic rings. The van der Waals surface area contributed by atoms with Crippen molar-refractivity contribution in [2.75, 3.05) is 17.1 Å². The van der Waals surface area contributed by atoms with Gasteiger partial charge in [0.25, 0.3) is 0 Å². The molecule has 0 bridgehead atoms. The van der Waals surface area contributed by atoms with E-state index in [-0.39, 0.29) is 18.5 Å². The van der Waals surface area contributed by atoms with Gasteiger partial charge in [0.15, 0.2) is 0 Å². The van der Waals surface area contributed by atoms with Crippen molar-refractivity contribution in [3.05, 3.63) is 89.4 Å². The van der Waals surface area contributed by atoms with E-state index in [1.807, 2.05) is 36.4 Å². The van der Waals surface area contributed by atoms with Crippen molar-refractivity contribution in [2.24, 2.45) is 0 Å². The molecule has 10 heteroatoms. The summed E-state index contributed by atoms with van der Waals surface area (Å²) in [5, 5.41) is 3.59. The van der Waals surface area contributed by atoms with E-state index in [4.69, 9.17) is 16.3 Å². The highest BCUT2D eigenvalue weighted by atomic mass is 35.5. The number of ether oxygens (including phenoxy) is 1. The lowest BCUT2D eigenvalue weighted by Crippen LogP contribution is -2.52. The summed E-state index contributed by atoms with van der Waals surface area (Å²) in [7, 11) is -3.84. The number of nitrogens with zero attached hydrogens (tertiary/aromatic N) is 2. The van der Waals surface area contributed by atoms with Crippen LogP contribution in [0, 0.1) is 0 Å². The Bertz CT molecular complexity index is 1430. The molecule has 1 aliphatic rings. The minimum atomic E-state index is -3.84. The van der Waals surface area contributed by atoms with Crippen LogP contribution in [-0.2, 0) is 26.2 Å². The Morgan fingerprint density at radius 3 is 2.24 bits per heavy atom. The van der Waals surface area contributed by atoms with Crippen molar-refractivity contribution in [3.63, 3.8) is 0 Å². The molecular formula is C31H36ClN3O5S. The summed E-state index contributed by atoms with van der Waals surface area (Å²) in [6, 6.07) is 22.0. The van der Waals surface area contributed by atoms with Gasteiger partial charge in [-0.15, -0.1) is 0 Å². The highest BCUT2D eigenvalue weighted by molar-refractivity contribution is 7.92. The van der Waals surface area contributed by atoms with Crippen LogP contribution < -0.4 is 14.4 Å². The first-order valence-corrected chi connectivity index (χ1v) is 16.0. The molecule has 41 heavy (non-hydrogen) atoms. The normalized spacial score (nSPS) is 14.6. The van der Waals surface area contributed by atoms with E-state index in [9.17, 15) is 18.0 Å². The van der Waals surface area contributed by atoms with Gasteiger partial charge in [-0.3, -0.25) is 13.9 Å². The molecular weight excluding hydrogens is 562 g/mol. The Balaban J connectivity index is 1.55. The van der Waals surface area contributed by atoms with Gasteiger partial charge in [-0.2, -0.15) is 0 Å². The molecule has 0 spiro atoms. The summed E-state index contributed by atoms with van der Waals surface area (Å²) in [6.45, 7) is 1.29. The molecule has 1 saturated carbocycles. The van der Waals surface area contributed by atoms with Crippen molar-refractivity contribution in [1.82, 2.24) is 10.2 Å². The van der Waals surface area contributed by atoms with Gasteiger partial charge in [-0.1, -0.05) is 61.2 Å². The molecule has 0 saturated heterocycles. The van der Waals surface area contributed by atoms with E-state index in [1.165, 1.54) is 4.90 Å². The van der Waals surface area contributed by atoms with E-state index in [0.717, 1.165) is 48.2 Å². The fourth-order valence-corrected chi connectivity index (χ4v) is 5.96. The van der Waals surface area contributed by atoms with Gasteiger partial charge in [0.05, 0.1) is 11.9 Å². The molecule has 218 valence electrons. The minimum Gasteiger partial charge on any atom is -0.457 e. The maximum Gasteiger partial charge on any atom is 0.244 e. The maximum atomic E-state index is 13.8. The number of nitrogens with one attached hydrogen (secondary N) is 1. The molecule has 0 aliphatic heterocycles. The molecule has 3 aromatic carbocycles. The van der Waals surface area contributed by atoms with Crippen LogP contribution in [0.2, 0.25) is 5.02 Å². The zero-order valence-corrected chi connectivity index (χ0v) is 24.9. The smallest absolute Gasteiger partial charge is 0.244 e. The Kier molecular flexibility index (Phi) is 10.3. The SMILES string of the molecule is C[C@H](C(=O)NC1CCCCC1)N(Cc1cccc(Cl)c1)C(=O)CN(c1ccc(Oc2ccccc2)cc1)S(C)(=O)=O. The Morgan fingerprint density at radius 2 is 1.61 bits per heavy atom. The molecule has 4 rings (SSSR count). The predicted molar refractivity (Wildman–Crippen MR) is 162 cm³/mol. The summed E-state index contributed by atoms with van der Waals surface area (Å²) in [5.74, 6) is 0.398. The number of halogens is 1. The second kappa shape index (κ2) is 13.9. The van der Waals surface area contributed by atoms with Crippen LogP contribution in [0.3, 0.4) is 0 Å². The average molecular weight is 598 g/mol. The van der Waals surface area contributed by atoms with Crippen LogP contribution in [0.5, 0.6) is 11.5 Å². The van der Waals surface area contributed by atoms with Crippen molar-refractivity contribution in [1.29, 1.82) is 0 Å². The first-order chi connectivity index (χ1) is 19.6. The number of amides is 2. The van der Waals surface area contributed by atoms with Crippen LogP contribution in [0.4, 0.5) is 5.69 Å². The Hall–Kier alpha value is -3.56. The van der Waals surface area contributed by atoms with Gasteiger partial charge in [-0.05, 0) is 73.9 Å². The predicted octanol–water partition coefficient (Wildman–Crippen LogP) is 5.76. The lowest BCUT2D eigenvalue weighted by Gasteiger charge is -2.33. The Morgan fingerprint density at radius 1 is 0.951 bits per heavy atom. The van der Waals surface area contributed by atoms with Crippen LogP contribution >= 0.6 is 11.6 Å². The number of para-hydroxylation sites is 1. The van der Waals surface area contributed by atoms with Crippen LogP contribution in [-0.4, -0.2) is 50.0 Å². The van der Waals surface area contributed by atoms with Crippen molar-refractivity contribution >= 4 is 39.1 Å². The number of rotatable bonds is 11. The first kappa shape index (κ1) is 30.4. The number of benzene rings is 3. The second-order valence-electron chi connectivity index (χ2n) is 10.3. The molecule has 1 fully saturated rings. The highest BCUT2D eigenvalue weighted by Gasteiger charge is 2.31. The lowest BCUT2D eigenvalue weighted by molar-refractivity contribution is -0.139. The molecule has 0 heterocycles. The third kappa shape index (κ3) is 8.71. The zero-order chi connectivity index (χ0) is 29.4. The number of hydrogen-bond donors (Lipinski definition) is 1. The second-order valence-corrected chi connectivity index (χ2v) is 12.7. The Labute approximate surface area is 247 Å². The number of sulfonamides is 1. The van der Waals surface area contributed by atoms with Crippen LogP contribution in [0.1, 0.15) is 44.6 Å². The fraction of sp³-hybridized carbons (Fsp3) is 0.355. The van der Waals surface area contributed by atoms with E-state index in [0.29, 0.717) is 22.2 Å². The van der Waals surface area contributed by atoms with Crippen molar-refractivity contribution in [2.45, 2.75) is 57.7 Å². The molecule has 1 N–H and O–H groups in total. The third-order valence-corrected chi connectivity index (χ3v) is 8.52. The summed E-state index contributed by atoms with van der Waals surface area (Å²) >= 11 is 6.19. The van der Waals surface area contributed by atoms with Gasteiger partial charge in [0.1, 0.15) is 24.1 Å². The monoisotopic (exact) mass is 597 g/mol. The van der Waals surface area contributed by atoms with Crippen LogP contribution in [0.25, 0.3) is 0 Å². The fourth-order valence-electron chi connectivity index (χ4n) is 4.90. The summed E-state index contributed by atoms with van der Waals surface area (Å²) in [6.07, 6.45) is 6.14. The molecule has 2 amide bonds. The van der Waals surface area contributed by atoms with Gasteiger partial charge >= 0.3 is 0 Å². The van der Waals surface area contributed by atoms with Crippen LogP contribution in [0.15, 0.2) is 78.9 Å². The highest BCUT2D eigenvalue weighted by Crippen LogP contribution is 2.26. The average Bonchev–Trinajstić information content (AvgIpc) is 2.95. The zero-order valence-electron chi connectivity index (χ0n) is 23.3. The quantitative estimate of drug-likeness (QED) is 0.303. The topological polar surface area (TPSA) is 96.0 Å².